The molecule has 3 aromatic rings. The standard InChI is InChI=1S/C16H18N6/c1-3-13(11-18-6-1)14-12-19-15-4-5-16(20-22(14)15)21-9-2-7-17-8-10-21/h1,3-6,11-12,17H,2,7-10H2. The van der Waals surface area contributed by atoms with Gasteiger partial charge in [0, 0.05) is 37.6 Å². The second-order valence-electron chi connectivity index (χ2n) is 5.44. The van der Waals surface area contributed by atoms with Crippen LogP contribution in [0.1, 0.15) is 6.42 Å². The van der Waals surface area contributed by atoms with Gasteiger partial charge in [0.2, 0.25) is 0 Å². The van der Waals surface area contributed by atoms with E-state index in [9.17, 15) is 0 Å². The lowest BCUT2D eigenvalue weighted by Crippen LogP contribution is -2.29. The third kappa shape index (κ3) is 2.42. The van der Waals surface area contributed by atoms with Crippen LogP contribution in [-0.2, 0) is 0 Å². The lowest BCUT2D eigenvalue weighted by Gasteiger charge is -2.20. The maximum absolute atomic E-state index is 4.80. The predicted octanol–water partition coefficient (Wildman–Crippen LogP) is 1.59. The monoisotopic (exact) mass is 294 g/mol. The molecular weight excluding hydrogens is 276 g/mol. The Labute approximate surface area is 128 Å². The minimum absolute atomic E-state index is 0.857. The Balaban J connectivity index is 1.76. The lowest BCUT2D eigenvalue weighted by molar-refractivity contribution is 0.724. The van der Waals surface area contributed by atoms with Crippen molar-refractivity contribution in [3.8, 4) is 11.3 Å². The molecule has 1 N–H and O–H groups in total. The fourth-order valence-corrected chi connectivity index (χ4v) is 2.82. The number of pyridine rings is 1. The van der Waals surface area contributed by atoms with Crippen LogP contribution in [0.25, 0.3) is 16.9 Å². The van der Waals surface area contributed by atoms with Crippen molar-refractivity contribution < 1.29 is 0 Å². The van der Waals surface area contributed by atoms with Gasteiger partial charge in [-0.05, 0) is 37.2 Å². The van der Waals surface area contributed by atoms with Gasteiger partial charge in [0.05, 0.1) is 11.9 Å². The van der Waals surface area contributed by atoms with E-state index in [-0.39, 0.29) is 0 Å². The van der Waals surface area contributed by atoms with E-state index in [4.69, 9.17) is 5.10 Å². The van der Waals surface area contributed by atoms with Gasteiger partial charge >= 0.3 is 0 Å². The van der Waals surface area contributed by atoms with Gasteiger partial charge in [-0.3, -0.25) is 4.98 Å². The second kappa shape index (κ2) is 5.73. The van der Waals surface area contributed by atoms with Crippen molar-refractivity contribution in [2.75, 3.05) is 31.1 Å². The normalized spacial score (nSPS) is 15.9. The number of hydrogen-bond donors (Lipinski definition) is 1. The van der Waals surface area contributed by atoms with Crippen molar-refractivity contribution in [1.29, 1.82) is 0 Å². The molecule has 0 radical (unpaired) electrons. The van der Waals surface area contributed by atoms with E-state index in [1.165, 1.54) is 0 Å². The Bertz CT molecular complexity index is 759. The number of nitrogens with zero attached hydrogens (tertiary/aromatic N) is 5. The summed E-state index contributed by atoms with van der Waals surface area (Å²) in [5, 5.41) is 8.22. The molecule has 6 heteroatoms. The summed E-state index contributed by atoms with van der Waals surface area (Å²) in [7, 11) is 0. The highest BCUT2D eigenvalue weighted by molar-refractivity contribution is 5.62. The maximum atomic E-state index is 4.80. The third-order valence-corrected chi connectivity index (χ3v) is 3.97. The first-order valence-corrected chi connectivity index (χ1v) is 7.63. The van der Waals surface area contributed by atoms with Crippen LogP contribution in [0.5, 0.6) is 0 Å². The fourth-order valence-electron chi connectivity index (χ4n) is 2.82. The highest BCUT2D eigenvalue weighted by atomic mass is 15.3. The average molecular weight is 294 g/mol. The number of nitrogens with one attached hydrogen (secondary N) is 1. The van der Waals surface area contributed by atoms with E-state index < -0.39 is 0 Å². The molecule has 0 bridgehead atoms. The first-order chi connectivity index (χ1) is 10.9. The van der Waals surface area contributed by atoms with Gasteiger partial charge in [-0.25, -0.2) is 9.50 Å². The molecule has 0 spiro atoms. The molecule has 3 aromatic heterocycles. The molecule has 6 nitrogen and oxygen atoms in total. The summed E-state index contributed by atoms with van der Waals surface area (Å²) >= 11 is 0. The summed E-state index contributed by atoms with van der Waals surface area (Å²) in [4.78, 5) is 11.0. The van der Waals surface area contributed by atoms with E-state index in [1.807, 2.05) is 35.1 Å². The topological polar surface area (TPSA) is 58.4 Å². The van der Waals surface area contributed by atoms with Crippen LogP contribution in [-0.4, -0.2) is 45.8 Å². The van der Waals surface area contributed by atoms with Crippen molar-refractivity contribution >= 4 is 11.5 Å². The van der Waals surface area contributed by atoms with Crippen molar-refractivity contribution in [3.63, 3.8) is 0 Å². The summed E-state index contributed by atoms with van der Waals surface area (Å²) in [6, 6.07) is 8.04. The molecule has 0 atom stereocenters. The van der Waals surface area contributed by atoms with Crippen LogP contribution >= 0.6 is 0 Å². The molecule has 0 amide bonds. The van der Waals surface area contributed by atoms with Crippen molar-refractivity contribution in [3.05, 3.63) is 42.9 Å². The van der Waals surface area contributed by atoms with Crippen molar-refractivity contribution in [2.24, 2.45) is 0 Å². The molecular formula is C16H18N6. The van der Waals surface area contributed by atoms with Gasteiger partial charge in [0.1, 0.15) is 5.82 Å². The van der Waals surface area contributed by atoms with E-state index in [2.05, 4.69) is 26.3 Å². The van der Waals surface area contributed by atoms with Crippen LogP contribution in [0.3, 0.4) is 0 Å². The molecule has 22 heavy (non-hydrogen) atoms. The zero-order valence-electron chi connectivity index (χ0n) is 12.3. The number of anilines is 1. The first-order valence-electron chi connectivity index (χ1n) is 7.63. The molecule has 4 heterocycles. The van der Waals surface area contributed by atoms with E-state index in [0.717, 1.165) is 55.3 Å². The SMILES string of the molecule is c1cncc(-c2cnc3ccc(N4CCCNCC4)nn23)c1. The van der Waals surface area contributed by atoms with Gasteiger partial charge in [-0.15, -0.1) is 5.10 Å². The molecule has 1 aliphatic heterocycles. The minimum atomic E-state index is 0.857. The number of fused-ring (bicyclic) bond motifs is 1. The Kier molecular flexibility index (Phi) is 3.44. The molecule has 4 rings (SSSR count). The first kappa shape index (κ1) is 13.2. The largest absolute Gasteiger partial charge is 0.354 e. The van der Waals surface area contributed by atoms with Crippen molar-refractivity contribution in [1.82, 2.24) is 24.9 Å². The maximum Gasteiger partial charge on any atom is 0.154 e. The predicted molar refractivity (Wildman–Crippen MR) is 85.9 cm³/mol. The van der Waals surface area contributed by atoms with Crippen molar-refractivity contribution in [2.45, 2.75) is 6.42 Å². The summed E-state index contributed by atoms with van der Waals surface area (Å²) < 4.78 is 1.91. The van der Waals surface area contributed by atoms with Crippen LogP contribution in [0.15, 0.2) is 42.9 Å². The Morgan fingerprint density at radius 1 is 1.05 bits per heavy atom. The van der Waals surface area contributed by atoms with Crippen LogP contribution < -0.4 is 10.2 Å². The van der Waals surface area contributed by atoms with Gasteiger partial charge in [-0.1, -0.05) is 0 Å². The summed E-state index contributed by atoms with van der Waals surface area (Å²) in [5.41, 5.74) is 2.85. The zero-order chi connectivity index (χ0) is 14.8. The van der Waals surface area contributed by atoms with Crippen LogP contribution in [0.4, 0.5) is 5.82 Å². The molecule has 1 fully saturated rings. The van der Waals surface area contributed by atoms with E-state index in [1.54, 1.807) is 6.20 Å². The van der Waals surface area contributed by atoms with Gasteiger partial charge in [-0.2, -0.15) is 0 Å². The molecule has 0 saturated carbocycles. The fraction of sp³-hybridized carbons (Fsp3) is 0.312. The lowest BCUT2D eigenvalue weighted by atomic mass is 10.2. The number of hydrogen-bond acceptors (Lipinski definition) is 5. The smallest absolute Gasteiger partial charge is 0.154 e. The summed E-state index contributed by atoms with van der Waals surface area (Å²) in [6.07, 6.45) is 6.61. The van der Waals surface area contributed by atoms with E-state index >= 15 is 0 Å². The molecule has 0 unspecified atom stereocenters. The summed E-state index contributed by atoms with van der Waals surface area (Å²) in [5.74, 6) is 0.999. The van der Waals surface area contributed by atoms with Crippen LogP contribution in [0, 0.1) is 0 Å². The highest BCUT2D eigenvalue weighted by Gasteiger charge is 2.13. The third-order valence-electron chi connectivity index (χ3n) is 3.97. The highest BCUT2D eigenvalue weighted by Crippen LogP contribution is 2.21. The molecule has 112 valence electrons. The molecule has 1 saturated heterocycles. The second-order valence-corrected chi connectivity index (χ2v) is 5.44. The minimum Gasteiger partial charge on any atom is -0.354 e. The van der Waals surface area contributed by atoms with Gasteiger partial charge < -0.3 is 10.2 Å². The summed E-state index contributed by atoms with van der Waals surface area (Å²) in [6.45, 7) is 4.09. The molecule has 0 aromatic carbocycles. The number of imidazole rings is 1. The Morgan fingerprint density at radius 3 is 2.95 bits per heavy atom. The zero-order valence-corrected chi connectivity index (χ0v) is 12.3. The van der Waals surface area contributed by atoms with E-state index in [0.29, 0.717) is 0 Å². The number of aromatic nitrogens is 4. The molecule has 1 aliphatic rings. The van der Waals surface area contributed by atoms with Crippen LogP contribution in [0.2, 0.25) is 0 Å². The quantitative estimate of drug-likeness (QED) is 0.778. The average Bonchev–Trinajstić information content (AvgIpc) is 2.80. The van der Waals surface area contributed by atoms with Gasteiger partial charge in [0.15, 0.2) is 5.65 Å². The number of rotatable bonds is 2. The Hall–Kier alpha value is -2.47. The molecule has 0 aliphatic carbocycles. The Morgan fingerprint density at radius 2 is 2.05 bits per heavy atom. The van der Waals surface area contributed by atoms with Gasteiger partial charge in [0.25, 0.3) is 0 Å².